The second-order valence-corrected chi connectivity index (χ2v) is 4.73. The maximum atomic E-state index is 12.6. The third-order valence-electron chi connectivity index (χ3n) is 3.21. The summed E-state index contributed by atoms with van der Waals surface area (Å²) in [6.07, 6.45) is 2.01. The number of hydrogen-bond acceptors (Lipinski definition) is 4. The van der Waals surface area contributed by atoms with Crippen LogP contribution in [0.4, 0.5) is 5.69 Å². The molecule has 0 radical (unpaired) electrons. The number of carbonyl (C=O) groups excluding carboxylic acids is 1. The standard InChI is InChI=1S/C17H16N2O3/c1-2-13-8-9-16(18-10-11-19(21)22)15(12-13)17(20)14-6-4-3-5-7-14/h3-10,12H,2,11H2,1H3. The molecule has 0 atom stereocenters. The topological polar surface area (TPSA) is 72.6 Å². The Balaban J connectivity index is 2.40. The van der Waals surface area contributed by atoms with Crippen LogP contribution in [0.1, 0.15) is 28.4 Å². The van der Waals surface area contributed by atoms with E-state index >= 15 is 0 Å². The van der Waals surface area contributed by atoms with Crippen LogP contribution in [0.15, 0.2) is 53.5 Å². The number of ketones is 1. The molecule has 5 heteroatoms. The van der Waals surface area contributed by atoms with E-state index in [1.54, 1.807) is 36.4 Å². The largest absolute Gasteiger partial charge is 0.289 e. The van der Waals surface area contributed by atoms with Crippen molar-refractivity contribution in [2.75, 3.05) is 6.54 Å². The van der Waals surface area contributed by atoms with E-state index < -0.39 is 4.92 Å². The second kappa shape index (κ2) is 7.26. The first-order chi connectivity index (χ1) is 10.6. The maximum absolute atomic E-state index is 12.6. The van der Waals surface area contributed by atoms with Crippen molar-refractivity contribution in [1.82, 2.24) is 0 Å². The van der Waals surface area contributed by atoms with E-state index in [0.29, 0.717) is 16.8 Å². The van der Waals surface area contributed by atoms with Crippen molar-refractivity contribution in [2.24, 2.45) is 4.99 Å². The van der Waals surface area contributed by atoms with Crippen LogP contribution < -0.4 is 0 Å². The first-order valence-corrected chi connectivity index (χ1v) is 6.98. The van der Waals surface area contributed by atoms with E-state index in [2.05, 4.69) is 4.99 Å². The fourth-order valence-electron chi connectivity index (χ4n) is 2.05. The van der Waals surface area contributed by atoms with Crippen molar-refractivity contribution in [3.63, 3.8) is 0 Å². The number of carbonyl (C=O) groups is 1. The van der Waals surface area contributed by atoms with Crippen molar-refractivity contribution < 1.29 is 9.72 Å². The molecule has 0 saturated carbocycles. The van der Waals surface area contributed by atoms with E-state index in [9.17, 15) is 14.9 Å². The number of nitro groups is 1. The molecule has 0 fully saturated rings. The maximum Gasteiger partial charge on any atom is 0.238 e. The molecule has 0 unspecified atom stereocenters. The van der Waals surface area contributed by atoms with Crippen molar-refractivity contribution in [3.8, 4) is 0 Å². The quantitative estimate of drug-likeness (QED) is 0.354. The summed E-state index contributed by atoms with van der Waals surface area (Å²) in [5.41, 5.74) is 2.51. The molecule has 2 rings (SSSR count). The zero-order valence-electron chi connectivity index (χ0n) is 12.2. The number of aryl methyl sites for hydroxylation is 1. The first-order valence-electron chi connectivity index (χ1n) is 6.98. The third-order valence-corrected chi connectivity index (χ3v) is 3.21. The Hall–Kier alpha value is -2.82. The molecular formula is C17H16N2O3. The molecule has 0 N–H and O–H groups in total. The fraction of sp³-hybridized carbons (Fsp3) is 0.176. The Morgan fingerprint density at radius 2 is 1.95 bits per heavy atom. The SMILES string of the molecule is CCc1ccc(N=CC[N+](=O)[O-])c(C(=O)c2ccccc2)c1. The summed E-state index contributed by atoms with van der Waals surface area (Å²) >= 11 is 0. The predicted octanol–water partition coefficient (Wildman–Crippen LogP) is 3.46. The van der Waals surface area contributed by atoms with Gasteiger partial charge in [-0.05, 0) is 24.1 Å². The predicted molar refractivity (Wildman–Crippen MR) is 85.7 cm³/mol. The molecular weight excluding hydrogens is 280 g/mol. The van der Waals surface area contributed by atoms with Gasteiger partial charge in [-0.3, -0.25) is 19.9 Å². The molecule has 0 aliphatic carbocycles. The molecule has 112 valence electrons. The molecule has 22 heavy (non-hydrogen) atoms. The van der Waals surface area contributed by atoms with Gasteiger partial charge >= 0.3 is 0 Å². The van der Waals surface area contributed by atoms with Crippen LogP contribution in [-0.2, 0) is 6.42 Å². The van der Waals surface area contributed by atoms with Crippen molar-refractivity contribution in [2.45, 2.75) is 13.3 Å². The molecule has 0 aliphatic heterocycles. The minimum absolute atomic E-state index is 0.135. The van der Waals surface area contributed by atoms with Gasteiger partial charge < -0.3 is 0 Å². The van der Waals surface area contributed by atoms with Crippen LogP contribution in [0.2, 0.25) is 0 Å². The highest BCUT2D eigenvalue weighted by molar-refractivity contribution is 6.12. The van der Waals surface area contributed by atoms with Gasteiger partial charge in [0.05, 0.1) is 11.9 Å². The average molecular weight is 296 g/mol. The van der Waals surface area contributed by atoms with Gasteiger partial charge in [-0.25, -0.2) is 0 Å². The Labute approximate surface area is 128 Å². The Morgan fingerprint density at radius 3 is 2.59 bits per heavy atom. The minimum Gasteiger partial charge on any atom is -0.289 e. The highest BCUT2D eigenvalue weighted by Gasteiger charge is 2.13. The molecule has 2 aromatic carbocycles. The Morgan fingerprint density at radius 1 is 1.23 bits per heavy atom. The zero-order valence-corrected chi connectivity index (χ0v) is 12.2. The molecule has 0 bridgehead atoms. The number of aliphatic imine (C=N–C) groups is 1. The molecule has 0 saturated heterocycles. The summed E-state index contributed by atoms with van der Waals surface area (Å²) in [5.74, 6) is -0.135. The lowest BCUT2D eigenvalue weighted by Gasteiger charge is -2.07. The molecule has 0 spiro atoms. The monoisotopic (exact) mass is 296 g/mol. The molecule has 5 nitrogen and oxygen atoms in total. The fourth-order valence-corrected chi connectivity index (χ4v) is 2.05. The third kappa shape index (κ3) is 3.85. The van der Waals surface area contributed by atoms with E-state index in [0.717, 1.165) is 12.0 Å². The van der Waals surface area contributed by atoms with Gasteiger partial charge in [0.1, 0.15) is 0 Å². The van der Waals surface area contributed by atoms with E-state index in [-0.39, 0.29) is 12.3 Å². The van der Waals surface area contributed by atoms with Gasteiger partial charge in [-0.1, -0.05) is 43.3 Å². The lowest BCUT2D eigenvalue weighted by molar-refractivity contribution is -0.462. The van der Waals surface area contributed by atoms with E-state index in [4.69, 9.17) is 0 Å². The second-order valence-electron chi connectivity index (χ2n) is 4.73. The van der Waals surface area contributed by atoms with Gasteiger partial charge in [0.2, 0.25) is 6.54 Å². The average Bonchev–Trinajstić information content (AvgIpc) is 2.55. The van der Waals surface area contributed by atoms with Crippen LogP contribution in [0.25, 0.3) is 0 Å². The van der Waals surface area contributed by atoms with E-state index in [1.807, 2.05) is 19.1 Å². The lowest BCUT2D eigenvalue weighted by Crippen LogP contribution is -2.04. The van der Waals surface area contributed by atoms with Gasteiger partial charge in [0.15, 0.2) is 5.78 Å². The van der Waals surface area contributed by atoms with Crippen LogP contribution in [0, 0.1) is 10.1 Å². The molecule has 0 heterocycles. The van der Waals surface area contributed by atoms with Gasteiger partial charge in [-0.15, -0.1) is 0 Å². The molecule has 0 amide bonds. The summed E-state index contributed by atoms with van der Waals surface area (Å²) in [5, 5.41) is 10.4. The summed E-state index contributed by atoms with van der Waals surface area (Å²) in [6.45, 7) is 1.64. The van der Waals surface area contributed by atoms with Crippen LogP contribution in [-0.4, -0.2) is 23.5 Å². The first kappa shape index (κ1) is 15.6. The van der Waals surface area contributed by atoms with Crippen LogP contribution >= 0.6 is 0 Å². The molecule has 0 aromatic heterocycles. The van der Waals surface area contributed by atoms with Crippen LogP contribution in [0.5, 0.6) is 0 Å². The molecule has 0 aliphatic rings. The molecule has 2 aromatic rings. The Bertz CT molecular complexity index is 709. The summed E-state index contributed by atoms with van der Waals surface area (Å²) in [7, 11) is 0. The highest BCUT2D eigenvalue weighted by Crippen LogP contribution is 2.24. The van der Waals surface area contributed by atoms with Crippen molar-refractivity contribution in [1.29, 1.82) is 0 Å². The minimum atomic E-state index is -0.470. The normalized spacial score (nSPS) is 10.8. The smallest absolute Gasteiger partial charge is 0.238 e. The highest BCUT2D eigenvalue weighted by atomic mass is 16.6. The number of benzene rings is 2. The Kier molecular flexibility index (Phi) is 5.14. The van der Waals surface area contributed by atoms with E-state index in [1.165, 1.54) is 6.21 Å². The van der Waals surface area contributed by atoms with Gasteiger partial charge in [0.25, 0.3) is 0 Å². The van der Waals surface area contributed by atoms with Crippen molar-refractivity contribution >= 4 is 17.7 Å². The van der Waals surface area contributed by atoms with Gasteiger partial charge in [-0.2, -0.15) is 0 Å². The number of hydrogen-bond donors (Lipinski definition) is 0. The zero-order chi connectivity index (χ0) is 15.9. The summed E-state index contributed by atoms with van der Waals surface area (Å²) in [6, 6.07) is 14.3. The van der Waals surface area contributed by atoms with Crippen molar-refractivity contribution in [3.05, 3.63) is 75.3 Å². The summed E-state index contributed by atoms with van der Waals surface area (Å²) < 4.78 is 0. The van der Waals surface area contributed by atoms with Gasteiger partial charge in [0, 0.05) is 16.1 Å². The summed E-state index contributed by atoms with van der Waals surface area (Å²) in [4.78, 5) is 26.6. The number of nitrogens with zero attached hydrogens (tertiary/aromatic N) is 2. The number of rotatable bonds is 6. The lowest BCUT2D eigenvalue weighted by atomic mass is 9.99. The van der Waals surface area contributed by atoms with Crippen LogP contribution in [0.3, 0.4) is 0 Å².